The Bertz CT molecular complexity index is 861. The Kier molecular flexibility index (Phi) is 5.85. The van der Waals surface area contributed by atoms with E-state index in [1.807, 2.05) is 0 Å². The molecule has 0 radical (unpaired) electrons. The third kappa shape index (κ3) is 5.01. The van der Waals surface area contributed by atoms with Crippen LogP contribution >= 0.6 is 0 Å². The fourth-order valence-electron chi connectivity index (χ4n) is 2.50. The van der Waals surface area contributed by atoms with E-state index in [4.69, 9.17) is 4.74 Å². The van der Waals surface area contributed by atoms with Crippen molar-refractivity contribution in [3.63, 3.8) is 0 Å². The number of carbonyl (C=O) groups excluding carboxylic acids is 2. The third-order valence-electron chi connectivity index (χ3n) is 3.67. The maximum Gasteiger partial charge on any atom is 0.410 e. The van der Waals surface area contributed by atoms with Crippen molar-refractivity contribution >= 4 is 27.6 Å². The Labute approximate surface area is 156 Å². The number of carbonyl (C=O) groups is 2. The molecule has 2 rings (SSSR count). The maximum atomic E-state index is 12.9. The number of hydrogen-bond donors (Lipinski definition) is 0. The van der Waals surface area contributed by atoms with Crippen molar-refractivity contribution in [3.8, 4) is 0 Å². The van der Waals surface area contributed by atoms with Crippen LogP contribution < -0.4 is 0 Å². The summed E-state index contributed by atoms with van der Waals surface area (Å²) in [4.78, 5) is 35.3. The first-order chi connectivity index (χ1) is 12.4. The monoisotopic (exact) mass is 399 g/mol. The molecular formula is C16H21N3O7S. The van der Waals surface area contributed by atoms with Gasteiger partial charge in [0.2, 0.25) is 10.0 Å². The number of ketones is 1. The van der Waals surface area contributed by atoms with Gasteiger partial charge in [-0.1, -0.05) is 12.1 Å². The number of hydrogen-bond acceptors (Lipinski definition) is 7. The molecule has 27 heavy (non-hydrogen) atoms. The molecular weight excluding hydrogens is 378 g/mol. The molecule has 148 valence electrons. The van der Waals surface area contributed by atoms with Gasteiger partial charge in [-0.3, -0.25) is 19.8 Å². The first kappa shape index (κ1) is 20.8. The summed E-state index contributed by atoms with van der Waals surface area (Å²) in [6, 6.07) is 4.93. The van der Waals surface area contributed by atoms with Crippen molar-refractivity contribution in [2.75, 3.05) is 26.2 Å². The molecule has 0 unspecified atom stereocenters. The lowest BCUT2D eigenvalue weighted by molar-refractivity contribution is -0.387. The van der Waals surface area contributed by atoms with E-state index in [9.17, 15) is 28.1 Å². The summed E-state index contributed by atoms with van der Waals surface area (Å²) in [6.07, 6.45) is -0.721. The summed E-state index contributed by atoms with van der Waals surface area (Å²) in [5.74, 6) is -0.513. The van der Waals surface area contributed by atoms with Gasteiger partial charge in [-0.2, -0.15) is 4.31 Å². The van der Waals surface area contributed by atoms with Gasteiger partial charge in [0.15, 0.2) is 10.7 Å². The highest BCUT2D eigenvalue weighted by Gasteiger charge is 2.36. The number of Topliss-reactive ketones (excluding diaryl/α,β-unsaturated/α-hetero) is 1. The standard InChI is InChI=1S/C16H21N3O7S/c1-16(2,3)26-15(21)17-8-9-18(11-12(20)10-17)27(24,25)14-7-5-4-6-13(14)19(22)23/h4-7H,8-11H2,1-3H3. The van der Waals surface area contributed by atoms with Crippen LogP contribution in [0.15, 0.2) is 29.2 Å². The van der Waals surface area contributed by atoms with E-state index < -0.39 is 49.6 Å². The summed E-state index contributed by atoms with van der Waals surface area (Å²) in [5.41, 5.74) is -1.33. The topological polar surface area (TPSA) is 127 Å². The van der Waals surface area contributed by atoms with Crippen LogP contribution in [0.5, 0.6) is 0 Å². The number of benzene rings is 1. The van der Waals surface area contributed by atoms with E-state index in [1.54, 1.807) is 20.8 Å². The van der Waals surface area contributed by atoms with Gasteiger partial charge in [0, 0.05) is 19.2 Å². The second kappa shape index (κ2) is 7.61. The van der Waals surface area contributed by atoms with Crippen LogP contribution in [0, 0.1) is 10.1 Å². The lowest BCUT2D eigenvalue weighted by atomic mass is 10.2. The van der Waals surface area contributed by atoms with Crippen LogP contribution in [0.1, 0.15) is 20.8 Å². The Balaban J connectivity index is 2.27. The number of rotatable bonds is 3. The fourth-order valence-corrected chi connectivity index (χ4v) is 4.07. The molecule has 11 heteroatoms. The van der Waals surface area contributed by atoms with Crippen molar-refractivity contribution < 1.29 is 27.7 Å². The van der Waals surface area contributed by atoms with Gasteiger partial charge in [0.05, 0.1) is 18.0 Å². The number of amides is 1. The van der Waals surface area contributed by atoms with E-state index in [1.165, 1.54) is 12.1 Å². The van der Waals surface area contributed by atoms with Gasteiger partial charge in [0.1, 0.15) is 5.60 Å². The summed E-state index contributed by atoms with van der Waals surface area (Å²) >= 11 is 0. The van der Waals surface area contributed by atoms with Crippen molar-refractivity contribution in [3.05, 3.63) is 34.4 Å². The highest BCUT2D eigenvalue weighted by molar-refractivity contribution is 7.89. The van der Waals surface area contributed by atoms with Gasteiger partial charge < -0.3 is 4.74 Å². The van der Waals surface area contributed by atoms with Crippen molar-refractivity contribution in [2.45, 2.75) is 31.3 Å². The quantitative estimate of drug-likeness (QED) is 0.555. The van der Waals surface area contributed by atoms with Gasteiger partial charge >= 0.3 is 6.09 Å². The van der Waals surface area contributed by atoms with Crippen molar-refractivity contribution in [1.29, 1.82) is 0 Å². The van der Waals surface area contributed by atoms with Gasteiger partial charge in [-0.25, -0.2) is 13.2 Å². The molecule has 1 heterocycles. The molecule has 10 nitrogen and oxygen atoms in total. The van der Waals surface area contributed by atoms with Crippen LogP contribution in [-0.2, 0) is 19.6 Å². The number of ether oxygens (including phenoxy) is 1. The van der Waals surface area contributed by atoms with Gasteiger partial charge in [-0.05, 0) is 26.8 Å². The normalized spacial score (nSPS) is 16.7. The molecule has 1 aromatic carbocycles. The lowest BCUT2D eigenvalue weighted by Crippen LogP contribution is -2.40. The highest BCUT2D eigenvalue weighted by Crippen LogP contribution is 2.26. The lowest BCUT2D eigenvalue weighted by Gasteiger charge is -2.26. The predicted octanol–water partition coefficient (Wildman–Crippen LogP) is 1.41. The van der Waals surface area contributed by atoms with E-state index in [2.05, 4.69) is 0 Å². The summed E-state index contributed by atoms with van der Waals surface area (Å²) in [6.45, 7) is 4.01. The molecule has 0 aliphatic carbocycles. The number of nitro benzene ring substituents is 1. The molecule has 1 fully saturated rings. The van der Waals surface area contributed by atoms with Crippen LogP contribution in [0.4, 0.5) is 10.5 Å². The molecule has 0 spiro atoms. The molecule has 1 amide bonds. The predicted molar refractivity (Wildman–Crippen MR) is 94.7 cm³/mol. The Hall–Kier alpha value is -2.53. The van der Waals surface area contributed by atoms with Crippen molar-refractivity contribution in [2.24, 2.45) is 0 Å². The Morgan fingerprint density at radius 1 is 1.19 bits per heavy atom. The minimum Gasteiger partial charge on any atom is -0.444 e. The molecule has 0 bridgehead atoms. The van der Waals surface area contributed by atoms with Crippen LogP contribution in [-0.4, -0.2) is 66.2 Å². The van der Waals surface area contributed by atoms with Crippen LogP contribution in [0.25, 0.3) is 0 Å². The fraction of sp³-hybridized carbons (Fsp3) is 0.500. The number of sulfonamides is 1. The summed E-state index contributed by atoms with van der Waals surface area (Å²) in [7, 11) is -4.29. The average molecular weight is 399 g/mol. The molecule has 0 N–H and O–H groups in total. The zero-order chi connectivity index (χ0) is 20.4. The second-order valence-electron chi connectivity index (χ2n) is 7.00. The average Bonchev–Trinajstić information content (AvgIpc) is 2.75. The van der Waals surface area contributed by atoms with Gasteiger partial charge in [-0.15, -0.1) is 0 Å². The molecule has 0 aromatic heterocycles. The van der Waals surface area contributed by atoms with E-state index in [0.29, 0.717) is 0 Å². The smallest absolute Gasteiger partial charge is 0.410 e. The molecule has 1 aliphatic rings. The zero-order valence-electron chi connectivity index (χ0n) is 15.2. The number of nitro groups is 1. The number of para-hydroxylation sites is 1. The first-order valence-electron chi connectivity index (χ1n) is 8.15. The molecule has 0 saturated carbocycles. The van der Waals surface area contributed by atoms with E-state index in [-0.39, 0.29) is 19.6 Å². The summed E-state index contributed by atoms with van der Waals surface area (Å²) in [5, 5.41) is 11.1. The van der Waals surface area contributed by atoms with Crippen LogP contribution in [0.2, 0.25) is 0 Å². The van der Waals surface area contributed by atoms with Crippen LogP contribution in [0.3, 0.4) is 0 Å². The second-order valence-corrected chi connectivity index (χ2v) is 8.91. The zero-order valence-corrected chi connectivity index (χ0v) is 16.1. The summed E-state index contributed by atoms with van der Waals surface area (Å²) < 4.78 is 31.8. The molecule has 0 atom stereocenters. The molecule has 1 aromatic rings. The van der Waals surface area contributed by atoms with E-state index in [0.717, 1.165) is 21.3 Å². The first-order valence-corrected chi connectivity index (χ1v) is 9.59. The number of nitrogens with zero attached hydrogens (tertiary/aromatic N) is 3. The van der Waals surface area contributed by atoms with E-state index >= 15 is 0 Å². The minimum atomic E-state index is -4.29. The molecule has 1 saturated heterocycles. The van der Waals surface area contributed by atoms with Crippen molar-refractivity contribution in [1.82, 2.24) is 9.21 Å². The maximum absolute atomic E-state index is 12.9. The SMILES string of the molecule is CC(C)(C)OC(=O)N1CCN(S(=O)(=O)c2ccccc2[N+](=O)[O-])CC(=O)C1. The van der Waals surface area contributed by atoms with Gasteiger partial charge in [0.25, 0.3) is 5.69 Å². The largest absolute Gasteiger partial charge is 0.444 e. The minimum absolute atomic E-state index is 0.0689. The highest BCUT2D eigenvalue weighted by atomic mass is 32.2. The molecule has 1 aliphatic heterocycles. The third-order valence-corrected chi connectivity index (χ3v) is 5.56. The Morgan fingerprint density at radius 3 is 2.41 bits per heavy atom. The Morgan fingerprint density at radius 2 is 1.81 bits per heavy atom.